The summed E-state index contributed by atoms with van der Waals surface area (Å²) < 4.78 is 5.03. The van der Waals surface area contributed by atoms with Gasteiger partial charge in [0.25, 0.3) is 0 Å². The Morgan fingerprint density at radius 1 is 1.32 bits per heavy atom. The number of fused-ring (bicyclic) bond motifs is 1. The van der Waals surface area contributed by atoms with Crippen molar-refractivity contribution in [3.63, 3.8) is 0 Å². The van der Waals surface area contributed by atoms with E-state index in [1.807, 2.05) is 37.3 Å². The lowest BCUT2D eigenvalue weighted by Gasteiger charge is -2.20. The molecular formula is C17H18N2O2S. The van der Waals surface area contributed by atoms with Crippen LogP contribution in [0.25, 0.3) is 0 Å². The molecule has 2 atom stereocenters. The van der Waals surface area contributed by atoms with Crippen molar-refractivity contribution in [1.82, 2.24) is 10.3 Å². The normalized spacial score (nSPS) is 19.5. The second-order valence-electron chi connectivity index (χ2n) is 5.08. The second-order valence-corrected chi connectivity index (χ2v) is 6.24. The molecule has 0 saturated carbocycles. The molecule has 2 aromatic rings. The van der Waals surface area contributed by atoms with Gasteiger partial charge in [-0.15, -0.1) is 0 Å². The van der Waals surface area contributed by atoms with Crippen LogP contribution in [0, 0.1) is 0 Å². The number of hydrogen-bond acceptors (Lipinski definition) is 4. The Balaban J connectivity index is 1.82. The molecule has 114 valence electrons. The number of aromatic nitrogens is 1. The zero-order valence-corrected chi connectivity index (χ0v) is 13.2. The first-order valence-corrected chi connectivity index (χ1v) is 8.24. The van der Waals surface area contributed by atoms with Crippen LogP contribution in [0.5, 0.6) is 0 Å². The van der Waals surface area contributed by atoms with Gasteiger partial charge >= 0.3 is 6.09 Å². The van der Waals surface area contributed by atoms with Crippen LogP contribution in [0.1, 0.15) is 23.3 Å². The molecule has 0 saturated heterocycles. The maximum atomic E-state index is 11.8. The molecule has 22 heavy (non-hydrogen) atoms. The maximum absolute atomic E-state index is 11.8. The van der Waals surface area contributed by atoms with E-state index in [9.17, 15) is 4.79 Å². The quantitative estimate of drug-likeness (QED) is 0.937. The Hall–Kier alpha value is -2.01. The number of rotatable bonds is 4. The molecule has 1 aliphatic carbocycles. The first-order chi connectivity index (χ1) is 10.8. The Labute approximate surface area is 134 Å². The lowest BCUT2D eigenvalue weighted by molar-refractivity contribution is 0.148. The number of ether oxygens (including phenoxy) is 1. The summed E-state index contributed by atoms with van der Waals surface area (Å²) in [6.45, 7) is 2.19. The van der Waals surface area contributed by atoms with Gasteiger partial charge < -0.3 is 10.1 Å². The summed E-state index contributed by atoms with van der Waals surface area (Å²) in [5.41, 5.74) is 2.54. The van der Waals surface area contributed by atoms with Crippen LogP contribution in [0.2, 0.25) is 0 Å². The maximum Gasteiger partial charge on any atom is 0.407 e. The fourth-order valence-electron chi connectivity index (χ4n) is 2.70. The average Bonchev–Trinajstić information content (AvgIpc) is 2.86. The highest BCUT2D eigenvalue weighted by Crippen LogP contribution is 2.44. The SMILES string of the molecule is CCOC(=O)N[C@H]1Cc2ccccc2[C@H]1Sc1ccccn1. The Morgan fingerprint density at radius 2 is 2.14 bits per heavy atom. The standard InChI is InChI=1S/C17H18N2O2S/c1-2-21-17(20)19-14-11-12-7-3-4-8-13(12)16(14)22-15-9-5-6-10-18-15/h3-10,14,16H,2,11H2,1H3,(H,19,20)/t14-,16+/m0/s1. The second kappa shape index (κ2) is 6.83. The summed E-state index contributed by atoms with van der Waals surface area (Å²) in [7, 11) is 0. The monoisotopic (exact) mass is 314 g/mol. The van der Waals surface area contributed by atoms with Crippen molar-refractivity contribution in [2.45, 2.75) is 29.7 Å². The largest absolute Gasteiger partial charge is 0.450 e. The predicted molar refractivity (Wildman–Crippen MR) is 86.9 cm³/mol. The first kappa shape index (κ1) is 14.9. The fraction of sp³-hybridized carbons (Fsp3) is 0.294. The van der Waals surface area contributed by atoms with E-state index in [0.717, 1.165) is 11.4 Å². The Bertz CT molecular complexity index is 648. The van der Waals surface area contributed by atoms with E-state index in [1.54, 1.807) is 18.0 Å². The lowest BCUT2D eigenvalue weighted by atomic mass is 10.1. The molecule has 1 heterocycles. The summed E-state index contributed by atoms with van der Waals surface area (Å²) in [5.74, 6) is 0. The van der Waals surface area contributed by atoms with E-state index in [2.05, 4.69) is 22.4 Å². The zero-order chi connectivity index (χ0) is 15.4. The minimum absolute atomic E-state index is 0.0171. The summed E-state index contributed by atoms with van der Waals surface area (Å²) in [6.07, 6.45) is 2.25. The molecule has 3 rings (SSSR count). The molecule has 0 bridgehead atoms. The molecule has 1 aliphatic rings. The van der Waals surface area contributed by atoms with Gasteiger partial charge in [0.2, 0.25) is 0 Å². The summed E-state index contributed by atoms with van der Waals surface area (Å²) in [5, 5.41) is 4.09. The number of alkyl carbamates (subject to hydrolysis) is 1. The van der Waals surface area contributed by atoms with E-state index in [4.69, 9.17) is 4.74 Å². The molecule has 0 radical (unpaired) electrons. The van der Waals surface area contributed by atoms with Gasteiger partial charge in [0.1, 0.15) is 0 Å². The van der Waals surface area contributed by atoms with Gasteiger partial charge in [-0.25, -0.2) is 9.78 Å². The summed E-state index contributed by atoms with van der Waals surface area (Å²) >= 11 is 1.68. The number of carbonyl (C=O) groups excluding carboxylic acids is 1. The zero-order valence-electron chi connectivity index (χ0n) is 12.4. The number of nitrogens with one attached hydrogen (secondary N) is 1. The summed E-state index contributed by atoms with van der Waals surface area (Å²) in [6, 6.07) is 14.2. The van der Waals surface area contributed by atoms with Gasteiger partial charge in [-0.3, -0.25) is 0 Å². The smallest absolute Gasteiger partial charge is 0.407 e. The van der Waals surface area contributed by atoms with Gasteiger partial charge in [-0.05, 0) is 36.6 Å². The van der Waals surface area contributed by atoms with Crippen molar-refractivity contribution in [3.8, 4) is 0 Å². The van der Waals surface area contributed by atoms with Crippen molar-refractivity contribution < 1.29 is 9.53 Å². The van der Waals surface area contributed by atoms with Gasteiger partial charge in [-0.2, -0.15) is 0 Å². The van der Waals surface area contributed by atoms with Crippen LogP contribution in [-0.2, 0) is 11.2 Å². The van der Waals surface area contributed by atoms with E-state index in [0.29, 0.717) is 6.61 Å². The highest BCUT2D eigenvalue weighted by molar-refractivity contribution is 7.99. The number of thioether (sulfide) groups is 1. The van der Waals surface area contributed by atoms with E-state index in [1.165, 1.54) is 11.1 Å². The third kappa shape index (κ3) is 3.25. The fourth-order valence-corrected chi connectivity index (χ4v) is 3.93. The van der Waals surface area contributed by atoms with E-state index >= 15 is 0 Å². The molecule has 0 spiro atoms. The van der Waals surface area contributed by atoms with Crippen LogP contribution >= 0.6 is 11.8 Å². The molecule has 4 nitrogen and oxygen atoms in total. The van der Waals surface area contributed by atoms with Crippen LogP contribution in [0.3, 0.4) is 0 Å². The molecule has 5 heteroatoms. The molecule has 1 aromatic carbocycles. The van der Waals surface area contributed by atoms with Gasteiger partial charge in [0.15, 0.2) is 0 Å². The average molecular weight is 314 g/mol. The number of pyridine rings is 1. The molecule has 1 amide bonds. The van der Waals surface area contributed by atoms with Crippen LogP contribution in [0.15, 0.2) is 53.7 Å². The molecule has 0 fully saturated rings. The van der Waals surface area contributed by atoms with E-state index in [-0.39, 0.29) is 17.4 Å². The number of hydrogen-bond donors (Lipinski definition) is 1. The van der Waals surface area contributed by atoms with Crippen LogP contribution in [0.4, 0.5) is 4.79 Å². The van der Waals surface area contributed by atoms with Crippen molar-refractivity contribution in [2.24, 2.45) is 0 Å². The van der Waals surface area contributed by atoms with Gasteiger partial charge in [0, 0.05) is 6.20 Å². The highest BCUT2D eigenvalue weighted by Gasteiger charge is 2.34. The topological polar surface area (TPSA) is 51.2 Å². The predicted octanol–water partition coefficient (Wildman–Crippen LogP) is 3.59. The van der Waals surface area contributed by atoms with Crippen LogP contribution in [-0.4, -0.2) is 23.7 Å². The van der Waals surface area contributed by atoms with Crippen molar-refractivity contribution >= 4 is 17.9 Å². The van der Waals surface area contributed by atoms with E-state index < -0.39 is 0 Å². The molecule has 1 aromatic heterocycles. The highest BCUT2D eigenvalue weighted by atomic mass is 32.2. The third-order valence-corrected chi connectivity index (χ3v) is 4.95. The number of amides is 1. The lowest BCUT2D eigenvalue weighted by Crippen LogP contribution is -2.37. The van der Waals surface area contributed by atoms with Crippen LogP contribution < -0.4 is 5.32 Å². The van der Waals surface area contributed by atoms with Crippen molar-refractivity contribution in [1.29, 1.82) is 0 Å². The van der Waals surface area contributed by atoms with Crippen molar-refractivity contribution in [2.75, 3.05) is 6.61 Å². The molecule has 0 unspecified atom stereocenters. The minimum atomic E-state index is -0.355. The first-order valence-electron chi connectivity index (χ1n) is 7.36. The molecule has 1 N–H and O–H groups in total. The number of benzene rings is 1. The molecule has 0 aliphatic heterocycles. The number of carbonyl (C=O) groups is 1. The summed E-state index contributed by atoms with van der Waals surface area (Å²) in [4.78, 5) is 16.2. The van der Waals surface area contributed by atoms with Gasteiger partial charge in [-0.1, -0.05) is 42.1 Å². The Morgan fingerprint density at radius 3 is 2.91 bits per heavy atom. The molecular weight excluding hydrogens is 296 g/mol. The van der Waals surface area contributed by atoms with Gasteiger partial charge in [0.05, 0.1) is 22.9 Å². The Kier molecular flexibility index (Phi) is 4.63. The number of nitrogens with zero attached hydrogens (tertiary/aromatic N) is 1. The van der Waals surface area contributed by atoms with Crippen molar-refractivity contribution in [3.05, 3.63) is 59.8 Å². The minimum Gasteiger partial charge on any atom is -0.450 e. The third-order valence-electron chi connectivity index (χ3n) is 3.63.